The van der Waals surface area contributed by atoms with Crippen molar-refractivity contribution in [1.82, 2.24) is 4.90 Å². The van der Waals surface area contributed by atoms with Crippen molar-refractivity contribution in [3.63, 3.8) is 0 Å². The van der Waals surface area contributed by atoms with Gasteiger partial charge in [0.2, 0.25) is 0 Å². The molecule has 0 spiro atoms. The highest BCUT2D eigenvalue weighted by Gasteiger charge is 2.56. The number of carbonyl (C=O) groups is 1. The lowest BCUT2D eigenvalue weighted by Gasteiger charge is -2.34. The number of hydrogen-bond acceptors (Lipinski definition) is 5. The van der Waals surface area contributed by atoms with E-state index in [1.807, 2.05) is 30.3 Å². The molecule has 0 aromatic heterocycles. The van der Waals surface area contributed by atoms with Gasteiger partial charge in [-0.1, -0.05) is 45.9 Å². The van der Waals surface area contributed by atoms with Crippen molar-refractivity contribution in [2.45, 2.75) is 58.5 Å². The molecule has 6 nitrogen and oxygen atoms in total. The Labute approximate surface area is 162 Å². The smallest absolute Gasteiger partial charge is 0.411 e. The van der Waals surface area contributed by atoms with Gasteiger partial charge in [0, 0.05) is 5.69 Å². The summed E-state index contributed by atoms with van der Waals surface area (Å²) in [6, 6.07) is 9.32. The Bertz CT molecular complexity index is 598. The van der Waals surface area contributed by atoms with Gasteiger partial charge < -0.3 is 14.2 Å². The van der Waals surface area contributed by atoms with Crippen LogP contribution < -0.4 is 5.32 Å². The SMILES string of the molecule is CC(C)C[C@@H]1OCC2(COC(=O)Nc3ccccc3)CO[C@H](CC(C)C)N12. The fourth-order valence-corrected chi connectivity index (χ4v) is 3.85. The number of benzene rings is 1. The van der Waals surface area contributed by atoms with Crippen molar-refractivity contribution in [2.75, 3.05) is 25.1 Å². The fraction of sp³-hybridized carbons (Fsp3) is 0.667. The third kappa shape index (κ3) is 4.81. The van der Waals surface area contributed by atoms with Gasteiger partial charge in [-0.3, -0.25) is 5.32 Å². The molecule has 1 unspecified atom stereocenters. The number of fused-ring (bicyclic) bond motifs is 1. The van der Waals surface area contributed by atoms with E-state index in [0.717, 1.165) is 18.5 Å². The molecule has 150 valence electrons. The lowest BCUT2D eigenvalue weighted by molar-refractivity contribution is -0.0736. The number of amides is 1. The summed E-state index contributed by atoms with van der Waals surface area (Å²) in [4.78, 5) is 14.6. The lowest BCUT2D eigenvalue weighted by Crippen LogP contribution is -2.53. The zero-order valence-electron chi connectivity index (χ0n) is 16.8. The molecule has 2 fully saturated rings. The molecule has 2 aliphatic rings. The van der Waals surface area contributed by atoms with E-state index in [1.165, 1.54) is 0 Å². The Morgan fingerprint density at radius 1 is 1.11 bits per heavy atom. The summed E-state index contributed by atoms with van der Waals surface area (Å²) in [5.74, 6) is 1.04. The average molecular weight is 376 g/mol. The van der Waals surface area contributed by atoms with Crippen LogP contribution in [0.1, 0.15) is 40.5 Å². The second-order valence-corrected chi connectivity index (χ2v) is 8.49. The van der Waals surface area contributed by atoms with E-state index in [2.05, 4.69) is 37.9 Å². The molecule has 3 atom stereocenters. The van der Waals surface area contributed by atoms with Crippen molar-refractivity contribution >= 4 is 11.8 Å². The summed E-state index contributed by atoms with van der Waals surface area (Å²) in [5.41, 5.74) is 0.324. The van der Waals surface area contributed by atoms with Crippen LogP contribution in [0, 0.1) is 11.8 Å². The number of ether oxygens (including phenoxy) is 3. The Morgan fingerprint density at radius 3 is 2.19 bits per heavy atom. The van der Waals surface area contributed by atoms with Gasteiger partial charge in [0.15, 0.2) is 0 Å². The molecule has 3 rings (SSSR count). The molecule has 27 heavy (non-hydrogen) atoms. The molecule has 0 bridgehead atoms. The number of nitrogens with one attached hydrogen (secondary N) is 1. The average Bonchev–Trinajstić information content (AvgIpc) is 3.13. The number of rotatable bonds is 7. The fourth-order valence-electron chi connectivity index (χ4n) is 3.85. The van der Waals surface area contributed by atoms with Crippen LogP contribution in [-0.2, 0) is 14.2 Å². The first-order valence-corrected chi connectivity index (χ1v) is 9.90. The number of carbonyl (C=O) groups excluding carboxylic acids is 1. The number of hydrogen-bond donors (Lipinski definition) is 1. The monoisotopic (exact) mass is 376 g/mol. The van der Waals surface area contributed by atoms with Crippen LogP contribution in [-0.4, -0.2) is 48.8 Å². The molecule has 1 aromatic carbocycles. The van der Waals surface area contributed by atoms with Gasteiger partial charge in [-0.05, 0) is 36.8 Å². The molecule has 1 amide bonds. The first kappa shape index (κ1) is 20.1. The minimum atomic E-state index is -0.449. The van der Waals surface area contributed by atoms with Crippen LogP contribution in [0.4, 0.5) is 10.5 Å². The second kappa shape index (κ2) is 8.59. The standard InChI is InChI=1S/C21H32N2O4/c1-15(2)10-18-23-19(11-16(3)4)26-13-21(23,12-25-18)14-27-20(24)22-17-8-6-5-7-9-17/h5-9,15-16,18-19H,10-14H2,1-4H3,(H,22,24)/t18-,19+,21?. The molecule has 1 aromatic rings. The first-order valence-electron chi connectivity index (χ1n) is 9.90. The van der Waals surface area contributed by atoms with E-state index < -0.39 is 11.6 Å². The minimum absolute atomic E-state index is 0.0111. The molecule has 2 aliphatic heterocycles. The molecule has 0 radical (unpaired) electrons. The number of para-hydroxylation sites is 1. The maximum Gasteiger partial charge on any atom is 0.411 e. The van der Waals surface area contributed by atoms with E-state index in [0.29, 0.717) is 25.0 Å². The van der Waals surface area contributed by atoms with E-state index in [1.54, 1.807) is 0 Å². The van der Waals surface area contributed by atoms with Gasteiger partial charge in [-0.25, -0.2) is 9.69 Å². The van der Waals surface area contributed by atoms with Crippen LogP contribution >= 0.6 is 0 Å². The Morgan fingerprint density at radius 2 is 1.67 bits per heavy atom. The van der Waals surface area contributed by atoms with Crippen molar-refractivity contribution in [2.24, 2.45) is 11.8 Å². The summed E-state index contributed by atoms with van der Waals surface area (Å²) < 4.78 is 17.9. The molecular weight excluding hydrogens is 344 g/mol. The topological polar surface area (TPSA) is 60.0 Å². The summed E-state index contributed by atoms with van der Waals surface area (Å²) in [5, 5.41) is 2.77. The Kier molecular flexibility index (Phi) is 6.40. The summed E-state index contributed by atoms with van der Waals surface area (Å²) in [6.07, 6.45) is 1.45. The van der Waals surface area contributed by atoms with Crippen molar-refractivity contribution in [3.05, 3.63) is 30.3 Å². The zero-order chi connectivity index (χ0) is 19.4. The van der Waals surface area contributed by atoms with Gasteiger partial charge in [0.1, 0.15) is 24.6 Å². The van der Waals surface area contributed by atoms with Crippen molar-refractivity contribution in [3.8, 4) is 0 Å². The van der Waals surface area contributed by atoms with E-state index in [9.17, 15) is 4.79 Å². The van der Waals surface area contributed by atoms with Crippen LogP contribution in [0.2, 0.25) is 0 Å². The minimum Gasteiger partial charge on any atom is -0.447 e. The molecule has 0 saturated carbocycles. The second-order valence-electron chi connectivity index (χ2n) is 8.49. The maximum atomic E-state index is 12.2. The summed E-state index contributed by atoms with van der Waals surface area (Å²) in [7, 11) is 0. The van der Waals surface area contributed by atoms with Gasteiger partial charge in [0.25, 0.3) is 0 Å². The molecule has 0 aliphatic carbocycles. The molecular formula is C21H32N2O4. The van der Waals surface area contributed by atoms with Gasteiger partial charge in [-0.15, -0.1) is 0 Å². The third-order valence-electron chi connectivity index (χ3n) is 5.10. The normalized spacial score (nSPS) is 27.9. The van der Waals surface area contributed by atoms with Crippen molar-refractivity contribution < 1.29 is 19.0 Å². The molecule has 1 N–H and O–H groups in total. The maximum absolute atomic E-state index is 12.2. The third-order valence-corrected chi connectivity index (χ3v) is 5.10. The zero-order valence-corrected chi connectivity index (χ0v) is 16.8. The van der Waals surface area contributed by atoms with Crippen LogP contribution in [0.15, 0.2) is 30.3 Å². The largest absolute Gasteiger partial charge is 0.447 e. The highest BCUT2D eigenvalue weighted by Crippen LogP contribution is 2.40. The number of nitrogens with zero attached hydrogens (tertiary/aromatic N) is 1. The van der Waals surface area contributed by atoms with E-state index in [4.69, 9.17) is 14.2 Å². The number of anilines is 1. The Balaban J connectivity index is 1.65. The summed E-state index contributed by atoms with van der Waals surface area (Å²) in [6.45, 7) is 10.1. The summed E-state index contributed by atoms with van der Waals surface area (Å²) >= 11 is 0. The highest BCUT2D eigenvalue weighted by molar-refractivity contribution is 5.84. The molecule has 2 saturated heterocycles. The molecule has 2 heterocycles. The van der Waals surface area contributed by atoms with E-state index >= 15 is 0 Å². The van der Waals surface area contributed by atoms with Crippen LogP contribution in [0.25, 0.3) is 0 Å². The highest BCUT2D eigenvalue weighted by atomic mass is 16.6. The molecule has 6 heteroatoms. The van der Waals surface area contributed by atoms with Gasteiger partial charge >= 0.3 is 6.09 Å². The van der Waals surface area contributed by atoms with Crippen LogP contribution in [0.3, 0.4) is 0 Å². The predicted octanol–water partition coefficient (Wildman–Crippen LogP) is 4.08. The van der Waals surface area contributed by atoms with E-state index in [-0.39, 0.29) is 19.1 Å². The Hall–Kier alpha value is -1.63. The quantitative estimate of drug-likeness (QED) is 0.777. The van der Waals surface area contributed by atoms with Crippen LogP contribution in [0.5, 0.6) is 0 Å². The van der Waals surface area contributed by atoms with Gasteiger partial charge in [-0.2, -0.15) is 0 Å². The van der Waals surface area contributed by atoms with Crippen molar-refractivity contribution in [1.29, 1.82) is 0 Å². The predicted molar refractivity (Wildman–Crippen MR) is 104 cm³/mol. The first-order chi connectivity index (χ1) is 12.9. The van der Waals surface area contributed by atoms with Gasteiger partial charge in [0.05, 0.1) is 13.2 Å². The lowest BCUT2D eigenvalue weighted by atomic mass is 10.00.